The predicted octanol–water partition coefficient (Wildman–Crippen LogP) is 1.46. The van der Waals surface area contributed by atoms with E-state index in [0.29, 0.717) is 17.1 Å². The highest BCUT2D eigenvalue weighted by molar-refractivity contribution is 7.99. The van der Waals surface area contributed by atoms with Crippen molar-refractivity contribution in [1.29, 1.82) is 0 Å². The average molecular weight is 401 g/mol. The second-order valence-electron chi connectivity index (χ2n) is 5.50. The standard InChI is InChI=1S/C18H15N3O6S/c1-26-14-7-5-13(6-8-14)21-16(18(25)27-20-21)28-10-15(22)19-12-4-2-3-11(9-12)17(23)24/h2-9H,10H2,1H3,(H2-,19,20,22,23,24,25). The van der Waals surface area contributed by atoms with Gasteiger partial charge < -0.3 is 24.8 Å². The van der Waals surface area contributed by atoms with Crippen LogP contribution in [0.25, 0.3) is 5.69 Å². The molecule has 0 aliphatic carbocycles. The first-order chi connectivity index (χ1) is 13.5. The van der Waals surface area contributed by atoms with Gasteiger partial charge in [-0.05, 0) is 46.8 Å². The number of anilines is 1. The van der Waals surface area contributed by atoms with Gasteiger partial charge in [-0.15, -0.1) is 0 Å². The maximum Gasteiger partial charge on any atom is 0.335 e. The first kappa shape index (κ1) is 19.2. The molecule has 0 saturated heterocycles. The number of carbonyl (C=O) groups excluding carboxylic acids is 1. The number of aromatic carboxylic acids is 1. The lowest BCUT2D eigenvalue weighted by Crippen LogP contribution is -2.35. The molecule has 9 nitrogen and oxygen atoms in total. The van der Waals surface area contributed by atoms with Crippen LogP contribution in [0.15, 0.2) is 58.1 Å². The summed E-state index contributed by atoms with van der Waals surface area (Å²) in [5.41, 5.74) is 0.980. The molecule has 1 heterocycles. The fraction of sp³-hybridized carbons (Fsp3) is 0.111. The maximum atomic E-state index is 12.2. The summed E-state index contributed by atoms with van der Waals surface area (Å²) >= 11 is 0.958. The molecular formula is C18H15N3O6S. The van der Waals surface area contributed by atoms with E-state index in [1.807, 2.05) is 0 Å². The molecule has 1 aromatic heterocycles. The minimum Gasteiger partial charge on any atom is -0.538 e. The summed E-state index contributed by atoms with van der Waals surface area (Å²) in [5, 5.41) is 27.4. The van der Waals surface area contributed by atoms with Crippen LogP contribution in [-0.4, -0.2) is 35.1 Å². The molecule has 3 aromatic rings. The second-order valence-corrected chi connectivity index (χ2v) is 6.46. The van der Waals surface area contributed by atoms with Crippen LogP contribution in [0.4, 0.5) is 5.69 Å². The van der Waals surface area contributed by atoms with Crippen molar-refractivity contribution in [2.75, 3.05) is 18.2 Å². The molecule has 0 fully saturated rings. The molecule has 0 unspecified atom stereocenters. The Hall–Kier alpha value is -3.53. The van der Waals surface area contributed by atoms with Crippen LogP contribution in [0.1, 0.15) is 10.4 Å². The number of nitrogens with one attached hydrogen (secondary N) is 1. The van der Waals surface area contributed by atoms with Gasteiger partial charge in [0.2, 0.25) is 11.6 Å². The van der Waals surface area contributed by atoms with Gasteiger partial charge in [-0.2, -0.15) is 0 Å². The lowest BCUT2D eigenvalue weighted by molar-refractivity contribution is -0.705. The Morgan fingerprint density at radius 2 is 2.04 bits per heavy atom. The highest BCUT2D eigenvalue weighted by Gasteiger charge is 2.22. The van der Waals surface area contributed by atoms with Crippen LogP contribution in [0.2, 0.25) is 0 Å². The van der Waals surface area contributed by atoms with Crippen molar-refractivity contribution in [2.24, 2.45) is 0 Å². The van der Waals surface area contributed by atoms with Crippen LogP contribution in [-0.2, 0) is 4.79 Å². The lowest BCUT2D eigenvalue weighted by Gasteiger charge is -2.05. The largest absolute Gasteiger partial charge is 0.538 e. The molecule has 1 amide bonds. The summed E-state index contributed by atoms with van der Waals surface area (Å²) in [4.78, 5) is 23.2. The molecule has 0 bridgehead atoms. The molecule has 10 heteroatoms. The molecule has 0 aliphatic heterocycles. The summed E-state index contributed by atoms with van der Waals surface area (Å²) in [6.45, 7) is 0. The van der Waals surface area contributed by atoms with E-state index in [1.54, 1.807) is 37.4 Å². The van der Waals surface area contributed by atoms with Crippen molar-refractivity contribution >= 4 is 29.3 Å². The molecule has 3 rings (SSSR count). The van der Waals surface area contributed by atoms with Crippen molar-refractivity contribution in [3.8, 4) is 17.4 Å². The number of ether oxygens (including phenoxy) is 1. The predicted molar refractivity (Wildman–Crippen MR) is 96.8 cm³/mol. The summed E-state index contributed by atoms with van der Waals surface area (Å²) in [6.07, 6.45) is 0. The van der Waals surface area contributed by atoms with Gasteiger partial charge in [-0.3, -0.25) is 4.79 Å². The number of benzene rings is 2. The second kappa shape index (κ2) is 8.44. The Bertz CT molecular complexity index is 1000. The van der Waals surface area contributed by atoms with E-state index in [0.717, 1.165) is 11.8 Å². The number of amides is 1. The number of methoxy groups -OCH3 is 1. The van der Waals surface area contributed by atoms with Gasteiger partial charge in [0.1, 0.15) is 5.75 Å². The Labute approximate surface area is 163 Å². The molecule has 0 radical (unpaired) electrons. The third-order valence-electron chi connectivity index (χ3n) is 3.62. The minimum absolute atomic E-state index is 0.0590. The van der Waals surface area contributed by atoms with Gasteiger partial charge in [0.25, 0.3) is 5.03 Å². The maximum absolute atomic E-state index is 12.2. The van der Waals surface area contributed by atoms with Crippen molar-refractivity contribution in [3.63, 3.8) is 0 Å². The van der Waals surface area contributed by atoms with Gasteiger partial charge in [0.05, 0.1) is 23.7 Å². The highest BCUT2D eigenvalue weighted by Crippen LogP contribution is 2.24. The monoisotopic (exact) mass is 401 g/mol. The summed E-state index contributed by atoms with van der Waals surface area (Å²) in [5.74, 6) is -1.61. The van der Waals surface area contributed by atoms with Crippen LogP contribution in [0.3, 0.4) is 0 Å². The van der Waals surface area contributed by atoms with Gasteiger partial charge in [0.15, 0.2) is 5.95 Å². The quantitative estimate of drug-likeness (QED) is 0.450. The van der Waals surface area contributed by atoms with Crippen molar-refractivity contribution in [2.45, 2.75) is 5.03 Å². The van der Waals surface area contributed by atoms with Crippen LogP contribution < -0.4 is 19.8 Å². The van der Waals surface area contributed by atoms with E-state index in [4.69, 9.17) is 14.4 Å². The Kier molecular flexibility index (Phi) is 5.80. The zero-order chi connectivity index (χ0) is 20.1. The van der Waals surface area contributed by atoms with Crippen molar-refractivity contribution in [1.82, 2.24) is 5.27 Å². The van der Waals surface area contributed by atoms with Crippen molar-refractivity contribution < 1.29 is 33.7 Å². The molecule has 144 valence electrons. The molecule has 0 atom stereocenters. The number of carboxylic acids is 1. The van der Waals surface area contributed by atoms with Crippen LogP contribution >= 0.6 is 11.8 Å². The molecule has 28 heavy (non-hydrogen) atoms. The molecule has 0 saturated carbocycles. The molecule has 2 N–H and O–H groups in total. The number of hydrogen-bond donors (Lipinski definition) is 2. The number of nitrogens with zero attached hydrogens (tertiary/aromatic N) is 2. The number of carbonyl (C=O) groups is 2. The summed E-state index contributed by atoms with van der Waals surface area (Å²) in [6, 6.07) is 12.7. The number of aromatic nitrogens is 2. The third kappa shape index (κ3) is 4.41. The number of rotatable bonds is 7. The number of carboxylic acid groups (broad SMARTS) is 1. The number of thioether (sulfide) groups is 1. The van der Waals surface area contributed by atoms with Gasteiger partial charge in [-0.25, -0.2) is 4.79 Å². The Morgan fingerprint density at radius 3 is 2.71 bits per heavy atom. The van der Waals surface area contributed by atoms with Gasteiger partial charge in [0, 0.05) is 17.8 Å². The van der Waals surface area contributed by atoms with Crippen LogP contribution in [0, 0.1) is 0 Å². The van der Waals surface area contributed by atoms with Crippen LogP contribution in [0.5, 0.6) is 11.7 Å². The topological polar surface area (TPSA) is 129 Å². The van der Waals surface area contributed by atoms with Gasteiger partial charge in [-0.1, -0.05) is 6.07 Å². The molecule has 0 spiro atoms. The third-order valence-corrected chi connectivity index (χ3v) is 4.64. The average Bonchev–Trinajstić information content (AvgIpc) is 3.07. The van der Waals surface area contributed by atoms with E-state index in [9.17, 15) is 14.7 Å². The molecule has 2 aromatic carbocycles. The SMILES string of the molecule is COc1ccc(-[n+]2noc([O-])c2SCC(=O)Nc2cccc(C(=O)O)c2)cc1. The summed E-state index contributed by atoms with van der Waals surface area (Å²) < 4.78 is 11.1. The zero-order valence-corrected chi connectivity index (χ0v) is 15.4. The van der Waals surface area contributed by atoms with Crippen molar-refractivity contribution in [3.05, 3.63) is 54.1 Å². The van der Waals surface area contributed by atoms with E-state index < -0.39 is 17.8 Å². The highest BCUT2D eigenvalue weighted by atomic mass is 32.2. The van der Waals surface area contributed by atoms with Gasteiger partial charge >= 0.3 is 5.97 Å². The van der Waals surface area contributed by atoms with E-state index in [2.05, 4.69) is 10.6 Å². The lowest BCUT2D eigenvalue weighted by atomic mass is 10.2. The van der Waals surface area contributed by atoms with E-state index in [1.165, 1.54) is 22.9 Å². The Morgan fingerprint density at radius 1 is 1.29 bits per heavy atom. The molecular weight excluding hydrogens is 386 g/mol. The number of hydrogen-bond acceptors (Lipinski definition) is 7. The minimum atomic E-state index is -1.09. The van der Waals surface area contributed by atoms with E-state index in [-0.39, 0.29) is 16.3 Å². The first-order valence-corrected chi connectivity index (χ1v) is 8.96. The zero-order valence-electron chi connectivity index (χ0n) is 14.6. The first-order valence-electron chi connectivity index (χ1n) is 7.97. The smallest absolute Gasteiger partial charge is 0.335 e. The fourth-order valence-electron chi connectivity index (χ4n) is 2.31. The fourth-order valence-corrected chi connectivity index (χ4v) is 3.07. The summed E-state index contributed by atoms with van der Waals surface area (Å²) in [7, 11) is 1.54. The normalized spacial score (nSPS) is 10.5. The molecule has 0 aliphatic rings. The van der Waals surface area contributed by atoms with E-state index >= 15 is 0 Å². The Balaban J connectivity index is 1.69.